The summed E-state index contributed by atoms with van der Waals surface area (Å²) in [5.41, 5.74) is 1.18. The zero-order chi connectivity index (χ0) is 15.2. The molecule has 2 atom stereocenters. The highest BCUT2D eigenvalue weighted by molar-refractivity contribution is 5.35. The maximum atomic E-state index is 10.9. The van der Waals surface area contributed by atoms with Crippen LogP contribution < -0.4 is 5.32 Å². The molecule has 0 aliphatic carbocycles. The van der Waals surface area contributed by atoms with Gasteiger partial charge >= 0.3 is 0 Å². The van der Waals surface area contributed by atoms with Crippen molar-refractivity contribution >= 4 is 5.69 Å². The Morgan fingerprint density at radius 2 is 2.33 bits per heavy atom. The van der Waals surface area contributed by atoms with Gasteiger partial charge in [-0.15, -0.1) is 0 Å². The highest BCUT2D eigenvalue weighted by atomic mass is 16.6. The zero-order valence-electron chi connectivity index (χ0n) is 12.9. The lowest BCUT2D eigenvalue weighted by molar-refractivity contribution is -0.384. The third-order valence-corrected chi connectivity index (χ3v) is 4.27. The first-order valence-corrected chi connectivity index (χ1v) is 7.76. The predicted molar refractivity (Wildman–Crippen MR) is 84.4 cm³/mol. The van der Waals surface area contributed by atoms with Crippen LogP contribution >= 0.6 is 0 Å². The number of hydrogen-bond donors (Lipinski definition) is 1. The Labute approximate surface area is 126 Å². The number of piperidine rings is 1. The first kappa shape index (κ1) is 15.9. The molecule has 0 amide bonds. The molecule has 1 heterocycles. The van der Waals surface area contributed by atoms with Gasteiger partial charge in [0.2, 0.25) is 0 Å². The average molecular weight is 291 g/mol. The Morgan fingerprint density at radius 1 is 1.52 bits per heavy atom. The maximum absolute atomic E-state index is 10.9. The summed E-state index contributed by atoms with van der Waals surface area (Å²) in [5.74, 6) is 0.677. The second-order valence-corrected chi connectivity index (χ2v) is 5.99. The molecule has 2 unspecified atom stereocenters. The van der Waals surface area contributed by atoms with Gasteiger partial charge in [0.15, 0.2) is 0 Å². The van der Waals surface area contributed by atoms with E-state index in [1.165, 1.54) is 19.4 Å². The second kappa shape index (κ2) is 7.52. The summed E-state index contributed by atoms with van der Waals surface area (Å²) in [6.45, 7) is 5.42. The smallest absolute Gasteiger partial charge is 0.269 e. The maximum Gasteiger partial charge on any atom is 0.269 e. The van der Waals surface area contributed by atoms with Gasteiger partial charge in [0.25, 0.3) is 5.69 Å². The van der Waals surface area contributed by atoms with Crippen LogP contribution in [0.5, 0.6) is 0 Å². The lowest BCUT2D eigenvalue weighted by atomic mass is 9.97. The molecule has 0 bridgehead atoms. The van der Waals surface area contributed by atoms with E-state index in [9.17, 15) is 10.1 Å². The van der Waals surface area contributed by atoms with Crippen molar-refractivity contribution in [1.29, 1.82) is 0 Å². The molecule has 5 nitrogen and oxygen atoms in total. The molecule has 1 fully saturated rings. The summed E-state index contributed by atoms with van der Waals surface area (Å²) in [7, 11) is 2.17. The van der Waals surface area contributed by atoms with Gasteiger partial charge in [-0.05, 0) is 50.9 Å². The number of non-ortho nitro benzene ring substituents is 1. The molecule has 1 saturated heterocycles. The fraction of sp³-hybridized carbons (Fsp3) is 0.625. The van der Waals surface area contributed by atoms with Crippen molar-refractivity contribution in [3.05, 3.63) is 39.9 Å². The second-order valence-electron chi connectivity index (χ2n) is 5.99. The van der Waals surface area contributed by atoms with Crippen molar-refractivity contribution in [2.75, 3.05) is 26.7 Å². The first-order chi connectivity index (χ1) is 10.1. The number of nitro benzene ring substituents is 1. The molecular formula is C16H25N3O2. The van der Waals surface area contributed by atoms with E-state index in [2.05, 4.69) is 24.2 Å². The third kappa shape index (κ3) is 4.51. The van der Waals surface area contributed by atoms with Gasteiger partial charge in [-0.1, -0.05) is 19.1 Å². The van der Waals surface area contributed by atoms with Gasteiger partial charge < -0.3 is 10.2 Å². The van der Waals surface area contributed by atoms with Crippen molar-refractivity contribution in [2.45, 2.75) is 32.2 Å². The highest BCUT2D eigenvalue weighted by Crippen LogP contribution is 2.22. The molecule has 1 aliphatic heterocycles. The van der Waals surface area contributed by atoms with Gasteiger partial charge in [-0.3, -0.25) is 10.1 Å². The molecule has 1 aromatic rings. The quantitative estimate of drug-likeness (QED) is 0.646. The van der Waals surface area contributed by atoms with E-state index < -0.39 is 0 Å². The summed E-state index contributed by atoms with van der Waals surface area (Å²) in [4.78, 5) is 12.9. The fourth-order valence-corrected chi connectivity index (χ4v) is 3.10. The number of nitro groups is 1. The normalized spacial score (nSPS) is 21.1. The summed E-state index contributed by atoms with van der Waals surface area (Å²) in [5, 5.41) is 14.5. The average Bonchev–Trinajstić information content (AvgIpc) is 2.48. The minimum atomic E-state index is -0.327. The topological polar surface area (TPSA) is 58.4 Å². The Bertz CT molecular complexity index is 478. The van der Waals surface area contributed by atoms with Crippen LogP contribution in [-0.4, -0.2) is 36.5 Å². The van der Waals surface area contributed by atoms with Gasteiger partial charge in [0, 0.05) is 24.7 Å². The lowest BCUT2D eigenvalue weighted by Crippen LogP contribution is -2.38. The lowest BCUT2D eigenvalue weighted by Gasteiger charge is -2.31. The summed E-state index contributed by atoms with van der Waals surface area (Å²) < 4.78 is 0. The molecular weight excluding hydrogens is 266 g/mol. The largest absolute Gasteiger partial charge is 0.310 e. The Kier molecular flexibility index (Phi) is 5.70. The minimum absolute atomic E-state index is 0.171. The number of benzene rings is 1. The van der Waals surface area contributed by atoms with Crippen LogP contribution in [0.4, 0.5) is 5.69 Å². The Balaban J connectivity index is 1.96. The van der Waals surface area contributed by atoms with E-state index in [1.807, 2.05) is 6.07 Å². The van der Waals surface area contributed by atoms with E-state index in [4.69, 9.17) is 0 Å². The zero-order valence-corrected chi connectivity index (χ0v) is 12.9. The molecule has 0 aromatic heterocycles. The van der Waals surface area contributed by atoms with Crippen molar-refractivity contribution in [3.8, 4) is 0 Å². The molecule has 1 N–H and O–H groups in total. The molecule has 2 rings (SSSR count). The van der Waals surface area contributed by atoms with Crippen molar-refractivity contribution in [2.24, 2.45) is 5.92 Å². The SMILES string of the molecule is CCC(NCC1CCCN(C)C1)c1cccc([N+](=O)[O-])c1. The number of likely N-dealkylation sites (tertiary alicyclic amines) is 1. The van der Waals surface area contributed by atoms with Crippen molar-refractivity contribution < 1.29 is 4.92 Å². The first-order valence-electron chi connectivity index (χ1n) is 7.76. The van der Waals surface area contributed by atoms with E-state index in [0.29, 0.717) is 5.92 Å². The molecule has 0 saturated carbocycles. The number of rotatable bonds is 6. The van der Waals surface area contributed by atoms with E-state index in [1.54, 1.807) is 18.2 Å². The van der Waals surface area contributed by atoms with Crippen LogP contribution in [0.15, 0.2) is 24.3 Å². The van der Waals surface area contributed by atoms with Gasteiger partial charge in [-0.25, -0.2) is 0 Å². The van der Waals surface area contributed by atoms with E-state index in [0.717, 1.165) is 25.1 Å². The number of nitrogens with zero attached hydrogens (tertiary/aromatic N) is 2. The Hall–Kier alpha value is -1.46. The van der Waals surface area contributed by atoms with Crippen molar-refractivity contribution in [1.82, 2.24) is 10.2 Å². The molecule has 116 valence electrons. The molecule has 0 radical (unpaired) electrons. The predicted octanol–water partition coefficient (Wildman–Crippen LogP) is 2.98. The monoisotopic (exact) mass is 291 g/mol. The van der Waals surface area contributed by atoms with Gasteiger partial charge in [0.1, 0.15) is 0 Å². The van der Waals surface area contributed by atoms with Crippen LogP contribution in [0.25, 0.3) is 0 Å². The number of nitrogens with one attached hydrogen (secondary N) is 1. The van der Waals surface area contributed by atoms with Crippen LogP contribution in [-0.2, 0) is 0 Å². The Morgan fingerprint density at radius 3 is 3.00 bits per heavy atom. The van der Waals surface area contributed by atoms with E-state index >= 15 is 0 Å². The molecule has 21 heavy (non-hydrogen) atoms. The summed E-state index contributed by atoms with van der Waals surface area (Å²) in [6, 6.07) is 7.17. The van der Waals surface area contributed by atoms with Gasteiger partial charge in [-0.2, -0.15) is 0 Å². The summed E-state index contributed by atoms with van der Waals surface area (Å²) in [6.07, 6.45) is 3.46. The standard InChI is InChI=1S/C16H25N3O2/c1-3-16(14-7-4-8-15(10-14)19(20)21)17-11-13-6-5-9-18(2)12-13/h4,7-8,10,13,16-17H,3,5-6,9,11-12H2,1-2H3. The van der Waals surface area contributed by atoms with Crippen LogP contribution in [0.1, 0.15) is 37.8 Å². The third-order valence-electron chi connectivity index (χ3n) is 4.27. The summed E-state index contributed by atoms with van der Waals surface area (Å²) >= 11 is 0. The molecule has 1 aliphatic rings. The molecule has 5 heteroatoms. The highest BCUT2D eigenvalue weighted by Gasteiger charge is 2.19. The molecule has 1 aromatic carbocycles. The number of hydrogen-bond acceptors (Lipinski definition) is 4. The van der Waals surface area contributed by atoms with Crippen LogP contribution in [0.3, 0.4) is 0 Å². The van der Waals surface area contributed by atoms with E-state index in [-0.39, 0.29) is 16.7 Å². The van der Waals surface area contributed by atoms with Crippen LogP contribution in [0.2, 0.25) is 0 Å². The van der Waals surface area contributed by atoms with Crippen LogP contribution in [0, 0.1) is 16.0 Å². The molecule has 0 spiro atoms. The minimum Gasteiger partial charge on any atom is -0.310 e. The fourth-order valence-electron chi connectivity index (χ4n) is 3.10. The van der Waals surface area contributed by atoms with Crippen molar-refractivity contribution in [3.63, 3.8) is 0 Å². The van der Waals surface area contributed by atoms with Gasteiger partial charge in [0.05, 0.1) is 4.92 Å².